The SMILES string of the molecule is CC(CC#N)(C(=O)O)c1cccc(F)c1. The lowest BCUT2D eigenvalue weighted by Gasteiger charge is -2.21. The van der Waals surface area contributed by atoms with Crippen LogP contribution in [0.5, 0.6) is 0 Å². The number of benzene rings is 1. The van der Waals surface area contributed by atoms with Crippen LogP contribution in [-0.2, 0) is 10.2 Å². The van der Waals surface area contributed by atoms with Crippen LogP contribution in [0.15, 0.2) is 24.3 Å². The van der Waals surface area contributed by atoms with Gasteiger partial charge >= 0.3 is 5.97 Å². The van der Waals surface area contributed by atoms with Gasteiger partial charge in [-0.05, 0) is 24.6 Å². The van der Waals surface area contributed by atoms with E-state index >= 15 is 0 Å². The fraction of sp³-hybridized carbons (Fsp3) is 0.273. The third-order valence-electron chi connectivity index (χ3n) is 2.37. The molecule has 1 atom stereocenters. The van der Waals surface area contributed by atoms with Gasteiger partial charge in [0.05, 0.1) is 12.5 Å². The summed E-state index contributed by atoms with van der Waals surface area (Å²) in [6.07, 6.45) is -0.189. The Bertz CT molecular complexity index is 425. The minimum atomic E-state index is -1.35. The van der Waals surface area contributed by atoms with Gasteiger partial charge in [-0.2, -0.15) is 5.26 Å². The van der Waals surface area contributed by atoms with Crippen molar-refractivity contribution in [3.05, 3.63) is 35.6 Å². The van der Waals surface area contributed by atoms with E-state index in [1.807, 2.05) is 0 Å². The van der Waals surface area contributed by atoms with Crippen molar-refractivity contribution in [1.29, 1.82) is 5.26 Å². The van der Waals surface area contributed by atoms with Crippen molar-refractivity contribution in [3.63, 3.8) is 0 Å². The summed E-state index contributed by atoms with van der Waals surface area (Å²) in [6.45, 7) is 1.41. The first-order chi connectivity index (χ1) is 7.00. The highest BCUT2D eigenvalue weighted by Gasteiger charge is 2.35. The summed E-state index contributed by atoms with van der Waals surface area (Å²) in [7, 11) is 0. The van der Waals surface area contributed by atoms with E-state index in [9.17, 15) is 9.18 Å². The highest BCUT2D eigenvalue weighted by molar-refractivity contribution is 5.81. The van der Waals surface area contributed by atoms with E-state index in [-0.39, 0.29) is 6.42 Å². The topological polar surface area (TPSA) is 61.1 Å². The molecule has 0 spiro atoms. The second-order valence-corrected chi connectivity index (χ2v) is 3.48. The Labute approximate surface area is 86.8 Å². The third kappa shape index (κ3) is 2.13. The van der Waals surface area contributed by atoms with Crippen molar-refractivity contribution in [2.24, 2.45) is 0 Å². The van der Waals surface area contributed by atoms with Gasteiger partial charge in [-0.25, -0.2) is 4.39 Å². The number of hydrogen-bond donors (Lipinski definition) is 1. The highest BCUT2D eigenvalue weighted by Crippen LogP contribution is 2.28. The van der Waals surface area contributed by atoms with Gasteiger partial charge in [0.2, 0.25) is 0 Å². The van der Waals surface area contributed by atoms with Crippen LogP contribution in [0.1, 0.15) is 18.9 Å². The smallest absolute Gasteiger partial charge is 0.314 e. The maximum absolute atomic E-state index is 12.9. The van der Waals surface area contributed by atoms with E-state index in [1.165, 1.54) is 25.1 Å². The monoisotopic (exact) mass is 207 g/mol. The summed E-state index contributed by atoms with van der Waals surface area (Å²) in [5.74, 6) is -1.63. The first-order valence-corrected chi connectivity index (χ1v) is 4.37. The molecule has 1 unspecified atom stereocenters. The van der Waals surface area contributed by atoms with Gasteiger partial charge in [0.1, 0.15) is 11.2 Å². The summed E-state index contributed by atoms with van der Waals surface area (Å²) >= 11 is 0. The zero-order valence-electron chi connectivity index (χ0n) is 8.20. The molecule has 0 aliphatic carbocycles. The summed E-state index contributed by atoms with van der Waals surface area (Å²) in [4.78, 5) is 11.0. The molecule has 1 N–H and O–H groups in total. The van der Waals surface area contributed by atoms with Gasteiger partial charge in [0.25, 0.3) is 0 Å². The minimum absolute atomic E-state index is 0.189. The molecule has 1 rings (SSSR count). The van der Waals surface area contributed by atoms with Gasteiger partial charge in [0, 0.05) is 0 Å². The van der Waals surface area contributed by atoms with Crippen molar-refractivity contribution in [3.8, 4) is 6.07 Å². The van der Waals surface area contributed by atoms with Crippen LogP contribution in [0, 0.1) is 17.1 Å². The van der Waals surface area contributed by atoms with Crippen LogP contribution in [0.4, 0.5) is 4.39 Å². The molecule has 0 bridgehead atoms. The first-order valence-electron chi connectivity index (χ1n) is 4.37. The van der Waals surface area contributed by atoms with Gasteiger partial charge in [-0.1, -0.05) is 12.1 Å². The summed E-state index contributed by atoms with van der Waals surface area (Å²) in [6, 6.07) is 7.13. The Morgan fingerprint density at radius 2 is 2.33 bits per heavy atom. The molecule has 15 heavy (non-hydrogen) atoms. The van der Waals surface area contributed by atoms with Gasteiger partial charge in [0.15, 0.2) is 0 Å². The second kappa shape index (κ2) is 4.09. The highest BCUT2D eigenvalue weighted by atomic mass is 19.1. The second-order valence-electron chi connectivity index (χ2n) is 3.48. The van der Waals surface area contributed by atoms with Crippen molar-refractivity contribution in [2.45, 2.75) is 18.8 Å². The predicted molar refractivity (Wildman–Crippen MR) is 51.6 cm³/mol. The van der Waals surface area contributed by atoms with E-state index < -0.39 is 17.2 Å². The van der Waals surface area contributed by atoms with Crippen LogP contribution < -0.4 is 0 Å². The van der Waals surface area contributed by atoms with Crippen LogP contribution in [-0.4, -0.2) is 11.1 Å². The molecule has 0 amide bonds. The van der Waals surface area contributed by atoms with Gasteiger partial charge < -0.3 is 5.11 Å². The molecule has 0 aliphatic heterocycles. The number of rotatable bonds is 3. The van der Waals surface area contributed by atoms with Crippen molar-refractivity contribution in [1.82, 2.24) is 0 Å². The van der Waals surface area contributed by atoms with Crippen molar-refractivity contribution < 1.29 is 14.3 Å². The molecular formula is C11H10FNO2. The zero-order valence-corrected chi connectivity index (χ0v) is 8.20. The van der Waals surface area contributed by atoms with Crippen LogP contribution >= 0.6 is 0 Å². The van der Waals surface area contributed by atoms with E-state index in [2.05, 4.69) is 0 Å². The number of aliphatic carboxylic acids is 1. The fourth-order valence-corrected chi connectivity index (χ4v) is 1.29. The predicted octanol–water partition coefficient (Wildman–Crippen LogP) is 2.08. The Hall–Kier alpha value is -1.89. The number of nitrogens with zero attached hydrogens (tertiary/aromatic N) is 1. The Morgan fingerprint density at radius 1 is 1.67 bits per heavy atom. The van der Waals surface area contributed by atoms with Crippen LogP contribution in [0.25, 0.3) is 0 Å². The molecule has 4 heteroatoms. The number of carbonyl (C=O) groups is 1. The lowest BCUT2D eigenvalue weighted by Crippen LogP contribution is -2.32. The molecule has 0 radical (unpaired) electrons. The number of halogens is 1. The quantitative estimate of drug-likeness (QED) is 0.825. The molecule has 78 valence electrons. The molecule has 0 heterocycles. The molecule has 1 aromatic rings. The molecular weight excluding hydrogens is 197 g/mol. The fourth-order valence-electron chi connectivity index (χ4n) is 1.29. The maximum Gasteiger partial charge on any atom is 0.314 e. The van der Waals surface area contributed by atoms with Crippen molar-refractivity contribution in [2.75, 3.05) is 0 Å². The van der Waals surface area contributed by atoms with Crippen molar-refractivity contribution >= 4 is 5.97 Å². The third-order valence-corrected chi connectivity index (χ3v) is 2.37. The summed E-state index contributed by atoms with van der Waals surface area (Å²) < 4.78 is 12.9. The molecule has 0 fully saturated rings. The average Bonchev–Trinajstić information content (AvgIpc) is 2.17. The molecule has 0 aromatic heterocycles. The Balaban J connectivity index is 3.22. The van der Waals surface area contributed by atoms with E-state index in [4.69, 9.17) is 10.4 Å². The van der Waals surface area contributed by atoms with Crippen LogP contribution in [0.2, 0.25) is 0 Å². The van der Waals surface area contributed by atoms with Gasteiger partial charge in [-0.3, -0.25) is 4.79 Å². The number of carboxylic acids is 1. The lowest BCUT2D eigenvalue weighted by molar-refractivity contribution is -0.143. The maximum atomic E-state index is 12.9. The van der Waals surface area contributed by atoms with E-state index in [1.54, 1.807) is 6.07 Å². The lowest BCUT2D eigenvalue weighted by atomic mass is 9.80. The number of nitriles is 1. The molecule has 0 saturated heterocycles. The largest absolute Gasteiger partial charge is 0.481 e. The Kier molecular flexibility index (Phi) is 3.05. The van der Waals surface area contributed by atoms with E-state index in [0.29, 0.717) is 5.56 Å². The molecule has 0 saturated carbocycles. The Morgan fingerprint density at radius 3 is 2.80 bits per heavy atom. The normalized spacial score (nSPS) is 13.9. The van der Waals surface area contributed by atoms with Gasteiger partial charge in [-0.15, -0.1) is 0 Å². The first kappa shape index (κ1) is 11.2. The zero-order chi connectivity index (χ0) is 11.5. The standard InChI is InChI=1S/C11H10FNO2/c1-11(5-6-13,10(14)15)8-3-2-4-9(12)7-8/h2-4,7H,5H2,1H3,(H,14,15). The summed E-state index contributed by atoms with van der Waals surface area (Å²) in [5.41, 5.74) is -1.05. The molecule has 1 aromatic carbocycles. The van der Waals surface area contributed by atoms with Crippen LogP contribution in [0.3, 0.4) is 0 Å². The minimum Gasteiger partial charge on any atom is -0.481 e. The molecule has 3 nitrogen and oxygen atoms in total. The molecule has 0 aliphatic rings. The number of hydrogen-bond acceptors (Lipinski definition) is 2. The summed E-state index contributed by atoms with van der Waals surface area (Å²) in [5, 5.41) is 17.6. The average molecular weight is 207 g/mol. The number of carboxylic acid groups (broad SMARTS) is 1. The van der Waals surface area contributed by atoms with E-state index in [0.717, 1.165) is 6.07 Å².